The third kappa shape index (κ3) is 6.47. The summed E-state index contributed by atoms with van der Waals surface area (Å²) in [4.78, 5) is 14.8. The second kappa shape index (κ2) is 12.2. The molecule has 0 unspecified atom stereocenters. The van der Waals surface area contributed by atoms with Crippen LogP contribution in [0.4, 0.5) is 26.2 Å². The quantitative estimate of drug-likeness (QED) is 0.396. The lowest BCUT2D eigenvalue weighted by Crippen LogP contribution is -2.46. The third-order valence-corrected chi connectivity index (χ3v) is 7.19. The molecular formula is C26H33ClF2N8O2. The Kier molecular flexibility index (Phi) is 9.01. The Morgan fingerprint density at radius 1 is 1.00 bits per heavy atom. The van der Waals surface area contributed by atoms with Gasteiger partial charge < -0.3 is 25.7 Å². The number of rotatable bonds is 7. The van der Waals surface area contributed by atoms with E-state index in [-0.39, 0.29) is 30.9 Å². The summed E-state index contributed by atoms with van der Waals surface area (Å²) in [5.74, 6) is -0.150. The average molecular weight is 563 g/mol. The number of β-amino-alcohol motifs (C(OH)–C–C–N with tert-alkyl or cyclic N) is 1. The molecule has 2 saturated heterocycles. The monoisotopic (exact) mass is 562 g/mol. The summed E-state index contributed by atoms with van der Waals surface area (Å²) in [5.41, 5.74) is 8.38. The molecule has 10 nitrogen and oxygen atoms in total. The molecule has 2 aliphatic heterocycles. The van der Waals surface area contributed by atoms with Crippen molar-refractivity contribution >= 4 is 35.9 Å². The van der Waals surface area contributed by atoms with Crippen LogP contribution in [-0.4, -0.2) is 93.4 Å². The highest BCUT2D eigenvalue weighted by molar-refractivity contribution is 5.85. The first kappa shape index (κ1) is 28.7. The van der Waals surface area contributed by atoms with E-state index in [1.54, 1.807) is 16.9 Å². The van der Waals surface area contributed by atoms with Crippen LogP contribution < -0.4 is 15.5 Å². The van der Waals surface area contributed by atoms with Crippen LogP contribution in [0.15, 0.2) is 36.5 Å². The van der Waals surface area contributed by atoms with Crippen LogP contribution in [0.25, 0.3) is 11.9 Å². The maximum Gasteiger partial charge on any atom is 0.224 e. The predicted octanol–water partition coefficient (Wildman–Crippen LogP) is 1.88. The van der Waals surface area contributed by atoms with Crippen molar-refractivity contribution in [3.05, 3.63) is 59.4 Å². The summed E-state index contributed by atoms with van der Waals surface area (Å²) >= 11 is 0. The molecule has 0 aliphatic carbocycles. The Bertz CT molecular complexity index is 1290. The fraction of sp³-hybridized carbons (Fsp3) is 0.423. The fourth-order valence-electron chi connectivity index (χ4n) is 4.99. The maximum absolute atomic E-state index is 13.6. The zero-order chi connectivity index (χ0) is 26.8. The smallest absolute Gasteiger partial charge is 0.224 e. The zero-order valence-electron chi connectivity index (χ0n) is 21.6. The minimum Gasteiger partial charge on any atom is -0.396 e. The number of anilines is 3. The van der Waals surface area contributed by atoms with Gasteiger partial charge in [-0.25, -0.2) is 13.5 Å². The van der Waals surface area contributed by atoms with E-state index in [4.69, 9.17) is 5.73 Å². The predicted molar refractivity (Wildman–Crippen MR) is 148 cm³/mol. The Morgan fingerprint density at radius 2 is 1.69 bits per heavy atom. The normalized spacial score (nSPS) is 20.1. The SMILES string of the molecule is Cc1c(C=CCN2CCN(c3cc(F)cc(F)c3)CC2)cnn1-c1cc(N2C[C@@H](CO)[C@H](O)C2)nc(N)n1.Cl. The summed E-state index contributed by atoms with van der Waals surface area (Å²) in [5, 5.41) is 24.1. The molecule has 1 aromatic carbocycles. The van der Waals surface area contributed by atoms with Crippen LogP contribution in [0.1, 0.15) is 11.3 Å². The first-order valence-electron chi connectivity index (χ1n) is 12.6. The highest BCUT2D eigenvalue weighted by Gasteiger charge is 2.32. The van der Waals surface area contributed by atoms with Gasteiger partial charge in [0.1, 0.15) is 17.5 Å². The maximum atomic E-state index is 13.6. The number of aromatic nitrogens is 4. The molecule has 0 bridgehead atoms. The number of hydrogen-bond donors (Lipinski definition) is 3. The van der Waals surface area contributed by atoms with Crippen molar-refractivity contribution in [1.29, 1.82) is 0 Å². The number of benzene rings is 1. The number of aliphatic hydroxyl groups is 2. The number of nitrogens with zero attached hydrogens (tertiary/aromatic N) is 7. The third-order valence-electron chi connectivity index (χ3n) is 7.19. The first-order valence-corrected chi connectivity index (χ1v) is 12.6. The fourth-order valence-corrected chi connectivity index (χ4v) is 4.99. The molecule has 2 aliphatic rings. The molecule has 0 spiro atoms. The summed E-state index contributed by atoms with van der Waals surface area (Å²) in [6, 6.07) is 5.40. The zero-order valence-corrected chi connectivity index (χ0v) is 22.4. The van der Waals surface area contributed by atoms with E-state index in [2.05, 4.69) is 26.0 Å². The number of nitrogens with two attached hydrogens (primary N) is 1. The number of nitrogen functional groups attached to an aromatic ring is 1. The summed E-state index contributed by atoms with van der Waals surface area (Å²) < 4.78 is 28.8. The Hall–Kier alpha value is -3.32. The van der Waals surface area contributed by atoms with Gasteiger partial charge in [-0.15, -0.1) is 12.4 Å². The molecule has 39 heavy (non-hydrogen) atoms. The summed E-state index contributed by atoms with van der Waals surface area (Å²) in [7, 11) is 0. The average Bonchev–Trinajstić information content (AvgIpc) is 3.45. The van der Waals surface area contributed by atoms with E-state index in [0.29, 0.717) is 43.5 Å². The highest BCUT2D eigenvalue weighted by atomic mass is 35.5. The van der Waals surface area contributed by atoms with Crippen LogP contribution in [0.5, 0.6) is 0 Å². The van der Waals surface area contributed by atoms with Crippen LogP contribution in [0, 0.1) is 24.5 Å². The van der Waals surface area contributed by atoms with Gasteiger partial charge in [0.05, 0.1) is 24.6 Å². The van der Waals surface area contributed by atoms with Crippen molar-refractivity contribution < 1.29 is 19.0 Å². The molecule has 5 rings (SSSR count). The van der Waals surface area contributed by atoms with Gasteiger partial charge in [-0.2, -0.15) is 15.1 Å². The van der Waals surface area contributed by atoms with Crippen LogP contribution in [-0.2, 0) is 0 Å². The molecule has 2 aromatic heterocycles. The van der Waals surface area contributed by atoms with Crippen molar-refractivity contribution in [3.63, 3.8) is 0 Å². The van der Waals surface area contributed by atoms with Gasteiger partial charge in [-0.1, -0.05) is 12.2 Å². The van der Waals surface area contributed by atoms with Gasteiger partial charge in [0, 0.05) is 75.1 Å². The molecule has 0 radical (unpaired) electrons. The van der Waals surface area contributed by atoms with E-state index in [9.17, 15) is 19.0 Å². The van der Waals surface area contributed by atoms with E-state index >= 15 is 0 Å². The second-order valence-corrected chi connectivity index (χ2v) is 9.77. The highest BCUT2D eigenvalue weighted by Crippen LogP contribution is 2.25. The molecule has 0 amide bonds. The van der Waals surface area contributed by atoms with Gasteiger partial charge in [-0.05, 0) is 19.1 Å². The van der Waals surface area contributed by atoms with Gasteiger partial charge >= 0.3 is 0 Å². The Balaban J connectivity index is 0.00000353. The number of hydrogen-bond acceptors (Lipinski definition) is 9. The number of piperazine rings is 1. The molecule has 210 valence electrons. The summed E-state index contributed by atoms with van der Waals surface area (Å²) in [6.45, 7) is 6.39. The van der Waals surface area contributed by atoms with Gasteiger partial charge in [-0.3, -0.25) is 4.90 Å². The minimum absolute atomic E-state index is 0. The second-order valence-electron chi connectivity index (χ2n) is 9.77. The molecular weight excluding hydrogens is 530 g/mol. The van der Waals surface area contributed by atoms with Crippen molar-refractivity contribution in [2.75, 3.05) is 68.0 Å². The summed E-state index contributed by atoms with van der Waals surface area (Å²) in [6.07, 6.45) is 5.23. The molecule has 2 atom stereocenters. The molecule has 2 fully saturated rings. The van der Waals surface area contributed by atoms with Crippen LogP contribution in [0.3, 0.4) is 0 Å². The first-order chi connectivity index (χ1) is 18.3. The van der Waals surface area contributed by atoms with Crippen molar-refractivity contribution in [3.8, 4) is 5.82 Å². The molecule has 4 heterocycles. The van der Waals surface area contributed by atoms with Crippen LogP contribution in [0.2, 0.25) is 0 Å². The van der Waals surface area contributed by atoms with Crippen molar-refractivity contribution in [2.24, 2.45) is 5.92 Å². The Labute approximate surface area is 231 Å². The number of aliphatic hydroxyl groups excluding tert-OH is 2. The topological polar surface area (TPSA) is 120 Å². The minimum atomic E-state index is -0.630. The molecule has 3 aromatic rings. The lowest BCUT2D eigenvalue weighted by molar-refractivity contribution is 0.104. The van der Waals surface area contributed by atoms with E-state index < -0.39 is 17.7 Å². The molecule has 0 saturated carbocycles. The lowest BCUT2D eigenvalue weighted by Gasteiger charge is -2.35. The largest absolute Gasteiger partial charge is 0.396 e. The molecule has 4 N–H and O–H groups in total. The number of halogens is 3. The van der Waals surface area contributed by atoms with Gasteiger partial charge in [0.25, 0.3) is 0 Å². The van der Waals surface area contributed by atoms with E-state index in [0.717, 1.165) is 37.0 Å². The standard InChI is InChI=1S/C26H32F2N8O2.ClH/c1-17-18(3-2-4-33-5-7-34(8-6-33)22-10-20(27)9-21(28)11-22)13-30-36(17)25-12-24(31-26(29)32-25)35-14-19(16-37)23(38)15-35;/h2-3,9-13,19,23,37-38H,4-8,14-16H2,1H3,(H2,29,31,32);1H/t19-,23+;/m0./s1. The van der Waals surface area contributed by atoms with Gasteiger partial charge in [0.2, 0.25) is 5.95 Å². The van der Waals surface area contributed by atoms with E-state index in [1.807, 2.05) is 22.8 Å². The van der Waals surface area contributed by atoms with Crippen molar-refractivity contribution in [2.45, 2.75) is 13.0 Å². The van der Waals surface area contributed by atoms with Gasteiger partial charge in [0.15, 0.2) is 5.82 Å². The van der Waals surface area contributed by atoms with E-state index in [1.165, 1.54) is 12.1 Å². The Morgan fingerprint density at radius 3 is 2.36 bits per heavy atom. The lowest BCUT2D eigenvalue weighted by atomic mass is 10.1. The van der Waals surface area contributed by atoms with Crippen LogP contribution >= 0.6 is 12.4 Å². The van der Waals surface area contributed by atoms with Crippen molar-refractivity contribution in [1.82, 2.24) is 24.6 Å². The molecule has 13 heteroatoms.